The van der Waals surface area contributed by atoms with Crippen LogP contribution >= 0.6 is 0 Å². The highest BCUT2D eigenvalue weighted by Crippen LogP contribution is 2.13. The number of carbonyl (C=O) groups excluding carboxylic acids is 1. The lowest BCUT2D eigenvalue weighted by molar-refractivity contribution is -0.122. The molecule has 1 aromatic heterocycles. The molecule has 1 saturated heterocycles. The van der Waals surface area contributed by atoms with Crippen LogP contribution in [0.3, 0.4) is 0 Å². The fraction of sp³-hybridized carbons (Fsp3) is 0.364. The molecule has 0 radical (unpaired) electrons. The molecule has 2 aromatic carbocycles. The molecule has 28 heavy (non-hydrogen) atoms. The summed E-state index contributed by atoms with van der Waals surface area (Å²) in [6.07, 6.45) is 3.04. The molecule has 0 aliphatic carbocycles. The zero-order chi connectivity index (χ0) is 19.3. The van der Waals surface area contributed by atoms with E-state index in [1.807, 2.05) is 18.2 Å². The van der Waals surface area contributed by atoms with Gasteiger partial charge in [0.2, 0.25) is 5.91 Å². The maximum Gasteiger partial charge on any atom is 0.420 e. The zero-order valence-corrected chi connectivity index (χ0v) is 15.8. The molecule has 1 atom stereocenters. The Morgan fingerprint density at radius 3 is 2.75 bits per heavy atom. The number of rotatable bonds is 6. The Kier molecular flexibility index (Phi) is 5.58. The largest absolute Gasteiger partial charge is 0.420 e. The van der Waals surface area contributed by atoms with Crippen molar-refractivity contribution >= 4 is 17.0 Å². The summed E-state index contributed by atoms with van der Waals surface area (Å²) in [4.78, 5) is 27.0. The molecule has 1 N–H and O–H groups in total. The normalized spacial score (nSPS) is 17.6. The van der Waals surface area contributed by atoms with Gasteiger partial charge in [0.1, 0.15) is 6.54 Å². The molecular formula is C22H25N3O3. The van der Waals surface area contributed by atoms with Crippen molar-refractivity contribution < 1.29 is 9.21 Å². The first-order valence-electron chi connectivity index (χ1n) is 9.83. The fourth-order valence-corrected chi connectivity index (χ4v) is 3.89. The Hall–Kier alpha value is -2.86. The van der Waals surface area contributed by atoms with Crippen LogP contribution in [0.4, 0.5) is 0 Å². The van der Waals surface area contributed by atoms with Gasteiger partial charge in [-0.3, -0.25) is 9.36 Å². The molecule has 1 fully saturated rings. The van der Waals surface area contributed by atoms with Gasteiger partial charge in [-0.1, -0.05) is 42.5 Å². The van der Waals surface area contributed by atoms with Crippen molar-refractivity contribution in [2.45, 2.75) is 31.8 Å². The molecular weight excluding hydrogens is 354 g/mol. The Balaban J connectivity index is 1.32. The summed E-state index contributed by atoms with van der Waals surface area (Å²) >= 11 is 0. The van der Waals surface area contributed by atoms with Crippen LogP contribution in [0.2, 0.25) is 0 Å². The SMILES string of the molecule is O=C(Cn1c(=O)oc2ccccc21)N[C@H]1CCCN(CCc2ccccc2)C1. The van der Waals surface area contributed by atoms with Gasteiger partial charge in [-0.25, -0.2) is 4.79 Å². The van der Waals surface area contributed by atoms with Gasteiger partial charge in [-0.2, -0.15) is 0 Å². The number of hydrogen-bond acceptors (Lipinski definition) is 4. The smallest absolute Gasteiger partial charge is 0.408 e. The standard InChI is InChI=1S/C22H25N3O3/c26-21(16-25-19-10-4-5-11-20(19)28-22(25)27)23-18-9-6-13-24(15-18)14-12-17-7-2-1-3-8-17/h1-5,7-8,10-11,18H,6,9,12-16H2,(H,23,26)/t18-/m0/s1. The van der Waals surface area contributed by atoms with Crippen molar-refractivity contribution in [1.82, 2.24) is 14.8 Å². The highest BCUT2D eigenvalue weighted by atomic mass is 16.4. The van der Waals surface area contributed by atoms with E-state index in [4.69, 9.17) is 4.42 Å². The number of fused-ring (bicyclic) bond motifs is 1. The summed E-state index contributed by atoms with van der Waals surface area (Å²) in [5.41, 5.74) is 2.49. The third kappa shape index (κ3) is 4.34. The van der Waals surface area contributed by atoms with Gasteiger partial charge in [-0.05, 0) is 43.5 Å². The lowest BCUT2D eigenvalue weighted by atomic mass is 10.0. The second kappa shape index (κ2) is 8.44. The van der Waals surface area contributed by atoms with Gasteiger partial charge in [0.25, 0.3) is 0 Å². The molecule has 0 bridgehead atoms. The molecule has 2 heterocycles. The molecule has 0 spiro atoms. The number of likely N-dealkylation sites (tertiary alicyclic amines) is 1. The second-order valence-electron chi connectivity index (χ2n) is 7.36. The minimum Gasteiger partial charge on any atom is -0.408 e. The Morgan fingerprint density at radius 2 is 1.89 bits per heavy atom. The third-order valence-corrected chi connectivity index (χ3v) is 5.31. The topological polar surface area (TPSA) is 67.5 Å². The Bertz CT molecular complexity index is 993. The quantitative estimate of drug-likeness (QED) is 0.714. The van der Waals surface area contributed by atoms with Crippen LogP contribution in [0.5, 0.6) is 0 Å². The van der Waals surface area contributed by atoms with Crippen molar-refractivity contribution in [2.24, 2.45) is 0 Å². The van der Waals surface area contributed by atoms with Crippen LogP contribution < -0.4 is 11.1 Å². The van der Waals surface area contributed by atoms with Crippen molar-refractivity contribution in [1.29, 1.82) is 0 Å². The molecule has 6 heteroatoms. The molecule has 6 nitrogen and oxygen atoms in total. The fourth-order valence-electron chi connectivity index (χ4n) is 3.89. The van der Waals surface area contributed by atoms with E-state index in [2.05, 4.69) is 34.5 Å². The van der Waals surface area contributed by atoms with E-state index in [1.165, 1.54) is 10.1 Å². The van der Waals surface area contributed by atoms with Crippen LogP contribution in [-0.2, 0) is 17.8 Å². The molecule has 1 aliphatic heterocycles. The molecule has 4 rings (SSSR count). The van der Waals surface area contributed by atoms with Crippen LogP contribution in [0, 0.1) is 0 Å². The van der Waals surface area contributed by atoms with Gasteiger partial charge >= 0.3 is 5.76 Å². The van der Waals surface area contributed by atoms with Crippen LogP contribution in [-0.4, -0.2) is 41.1 Å². The number of hydrogen-bond donors (Lipinski definition) is 1. The minimum atomic E-state index is -0.496. The average Bonchev–Trinajstić information content (AvgIpc) is 3.03. The first-order chi connectivity index (χ1) is 13.7. The maximum atomic E-state index is 12.5. The average molecular weight is 379 g/mol. The van der Waals surface area contributed by atoms with Crippen molar-refractivity contribution in [3.05, 3.63) is 70.7 Å². The summed E-state index contributed by atoms with van der Waals surface area (Å²) in [6.45, 7) is 2.88. The first kappa shape index (κ1) is 18.5. The van der Waals surface area contributed by atoms with E-state index in [9.17, 15) is 9.59 Å². The van der Waals surface area contributed by atoms with E-state index in [0.717, 1.165) is 38.9 Å². The van der Waals surface area contributed by atoms with Gasteiger partial charge in [0.15, 0.2) is 5.58 Å². The van der Waals surface area contributed by atoms with Gasteiger partial charge in [-0.15, -0.1) is 0 Å². The summed E-state index contributed by atoms with van der Waals surface area (Å²) in [7, 11) is 0. The Morgan fingerprint density at radius 1 is 1.11 bits per heavy atom. The van der Waals surface area contributed by atoms with E-state index >= 15 is 0 Å². The summed E-state index contributed by atoms with van der Waals surface area (Å²) < 4.78 is 6.59. The number of oxazole rings is 1. The summed E-state index contributed by atoms with van der Waals surface area (Å²) in [6, 6.07) is 17.7. The lowest BCUT2D eigenvalue weighted by Crippen LogP contribution is -2.49. The van der Waals surface area contributed by atoms with Gasteiger partial charge < -0.3 is 14.6 Å². The Labute approximate surface area is 163 Å². The summed E-state index contributed by atoms with van der Waals surface area (Å²) in [5, 5.41) is 3.10. The molecule has 1 aliphatic rings. The second-order valence-corrected chi connectivity index (χ2v) is 7.36. The van der Waals surface area contributed by atoms with Crippen LogP contribution in [0.25, 0.3) is 11.1 Å². The van der Waals surface area contributed by atoms with Crippen molar-refractivity contribution in [3.63, 3.8) is 0 Å². The van der Waals surface area contributed by atoms with E-state index < -0.39 is 5.76 Å². The highest BCUT2D eigenvalue weighted by Gasteiger charge is 2.22. The number of nitrogens with zero attached hydrogens (tertiary/aromatic N) is 2. The number of aromatic nitrogens is 1. The molecule has 0 unspecified atom stereocenters. The van der Waals surface area contributed by atoms with Crippen LogP contribution in [0.15, 0.2) is 63.8 Å². The number of amides is 1. The molecule has 1 amide bonds. The maximum absolute atomic E-state index is 12.5. The van der Waals surface area contributed by atoms with E-state index in [0.29, 0.717) is 11.1 Å². The number of piperidine rings is 1. The number of benzene rings is 2. The first-order valence-corrected chi connectivity index (χ1v) is 9.83. The van der Waals surface area contributed by atoms with Crippen LogP contribution in [0.1, 0.15) is 18.4 Å². The van der Waals surface area contributed by atoms with Crippen molar-refractivity contribution in [3.8, 4) is 0 Å². The highest BCUT2D eigenvalue weighted by molar-refractivity contribution is 5.79. The summed E-state index contributed by atoms with van der Waals surface area (Å²) in [5.74, 6) is -0.645. The van der Waals surface area contributed by atoms with Gasteiger partial charge in [0, 0.05) is 19.1 Å². The number of nitrogens with one attached hydrogen (secondary N) is 1. The predicted octanol–water partition coefficient (Wildman–Crippen LogP) is 2.42. The van der Waals surface area contributed by atoms with E-state index in [1.54, 1.807) is 12.1 Å². The van der Waals surface area contributed by atoms with Gasteiger partial charge in [0.05, 0.1) is 5.52 Å². The number of carbonyl (C=O) groups is 1. The monoisotopic (exact) mass is 379 g/mol. The minimum absolute atomic E-state index is 0.0175. The van der Waals surface area contributed by atoms with E-state index in [-0.39, 0.29) is 18.5 Å². The molecule has 0 saturated carbocycles. The molecule has 3 aromatic rings. The lowest BCUT2D eigenvalue weighted by Gasteiger charge is -2.33. The third-order valence-electron chi connectivity index (χ3n) is 5.31. The van der Waals surface area contributed by atoms with Crippen molar-refractivity contribution in [2.75, 3.05) is 19.6 Å². The molecule has 146 valence electrons. The number of para-hydroxylation sites is 2. The predicted molar refractivity (Wildman–Crippen MR) is 108 cm³/mol. The zero-order valence-electron chi connectivity index (χ0n) is 15.8.